The van der Waals surface area contributed by atoms with Crippen LogP contribution in [0.25, 0.3) is 0 Å². The molecule has 0 saturated heterocycles. The van der Waals surface area contributed by atoms with Gasteiger partial charge in [0.25, 0.3) is 0 Å². The second kappa shape index (κ2) is 6.39. The topological polar surface area (TPSA) is 15.3 Å². The quantitative estimate of drug-likeness (QED) is 0.879. The van der Waals surface area contributed by atoms with Crippen LogP contribution >= 0.6 is 11.3 Å². The smallest absolute Gasteiger partial charge is 0.0386 e. The van der Waals surface area contributed by atoms with Crippen LogP contribution in [0.3, 0.4) is 0 Å². The zero-order valence-corrected chi connectivity index (χ0v) is 14.7. The molecule has 1 fully saturated rings. The number of hydrogen-bond donors (Lipinski definition) is 1. The SMILES string of the molecule is CC(NCC1(N(C)C)CCCC1)c1cc2c(s1)CCCC2. The second-order valence-corrected chi connectivity index (χ2v) is 8.40. The van der Waals surface area contributed by atoms with Gasteiger partial charge in [-0.3, -0.25) is 0 Å². The van der Waals surface area contributed by atoms with Crippen LogP contribution in [0.4, 0.5) is 0 Å². The monoisotopic (exact) mass is 306 g/mol. The predicted molar refractivity (Wildman–Crippen MR) is 92.3 cm³/mol. The highest BCUT2D eigenvalue weighted by molar-refractivity contribution is 7.12. The molecule has 3 heteroatoms. The van der Waals surface area contributed by atoms with E-state index in [0.29, 0.717) is 11.6 Å². The van der Waals surface area contributed by atoms with Gasteiger partial charge in [0.15, 0.2) is 0 Å². The van der Waals surface area contributed by atoms with E-state index in [1.165, 1.54) is 51.4 Å². The molecule has 0 radical (unpaired) electrons. The zero-order chi connectivity index (χ0) is 14.9. The molecule has 0 bridgehead atoms. The number of likely N-dealkylation sites (N-methyl/N-ethyl adjacent to an activating group) is 1. The van der Waals surface area contributed by atoms with Gasteiger partial charge in [0.2, 0.25) is 0 Å². The number of rotatable bonds is 5. The van der Waals surface area contributed by atoms with Crippen molar-refractivity contribution in [3.63, 3.8) is 0 Å². The lowest BCUT2D eigenvalue weighted by atomic mass is 9.95. The van der Waals surface area contributed by atoms with Crippen molar-refractivity contribution in [2.45, 2.75) is 69.9 Å². The van der Waals surface area contributed by atoms with Gasteiger partial charge in [0.1, 0.15) is 0 Å². The first-order valence-corrected chi connectivity index (χ1v) is 9.45. The van der Waals surface area contributed by atoms with E-state index in [1.54, 1.807) is 15.3 Å². The Morgan fingerprint density at radius 3 is 2.57 bits per heavy atom. The van der Waals surface area contributed by atoms with Gasteiger partial charge >= 0.3 is 0 Å². The van der Waals surface area contributed by atoms with E-state index in [2.05, 4.69) is 48.6 Å². The maximum atomic E-state index is 3.84. The number of aryl methyl sites for hydroxylation is 2. The summed E-state index contributed by atoms with van der Waals surface area (Å²) in [5.41, 5.74) is 2.03. The fraction of sp³-hybridized carbons (Fsp3) is 0.778. The highest BCUT2D eigenvalue weighted by Gasteiger charge is 2.36. The summed E-state index contributed by atoms with van der Waals surface area (Å²) in [6.07, 6.45) is 10.9. The maximum Gasteiger partial charge on any atom is 0.0386 e. The lowest BCUT2D eigenvalue weighted by Crippen LogP contribution is -2.49. The minimum absolute atomic E-state index is 0.394. The Bertz CT molecular complexity index is 448. The summed E-state index contributed by atoms with van der Waals surface area (Å²) in [4.78, 5) is 5.67. The van der Waals surface area contributed by atoms with Gasteiger partial charge in [-0.15, -0.1) is 11.3 Å². The summed E-state index contributed by atoms with van der Waals surface area (Å²) in [6, 6.07) is 2.98. The average Bonchev–Trinajstić information content (AvgIpc) is 3.12. The molecule has 3 rings (SSSR count). The third kappa shape index (κ3) is 3.20. The lowest BCUT2D eigenvalue weighted by molar-refractivity contribution is 0.150. The molecule has 2 aliphatic rings. The Morgan fingerprint density at radius 1 is 1.19 bits per heavy atom. The maximum absolute atomic E-state index is 3.84. The van der Waals surface area contributed by atoms with Crippen molar-refractivity contribution < 1.29 is 0 Å². The van der Waals surface area contributed by atoms with E-state index in [1.807, 2.05) is 0 Å². The molecular weight excluding hydrogens is 276 g/mol. The molecule has 0 aromatic carbocycles. The van der Waals surface area contributed by atoms with Gasteiger partial charge in [-0.2, -0.15) is 0 Å². The van der Waals surface area contributed by atoms with Gasteiger partial charge in [-0.05, 0) is 71.2 Å². The van der Waals surface area contributed by atoms with Gasteiger partial charge in [-0.1, -0.05) is 12.8 Å². The number of nitrogens with one attached hydrogen (secondary N) is 1. The highest BCUT2D eigenvalue weighted by atomic mass is 32.1. The first kappa shape index (κ1) is 15.5. The summed E-state index contributed by atoms with van der Waals surface area (Å²) in [6.45, 7) is 3.47. The molecule has 1 unspecified atom stereocenters. The summed E-state index contributed by atoms with van der Waals surface area (Å²) in [5, 5.41) is 3.84. The summed E-state index contributed by atoms with van der Waals surface area (Å²) in [7, 11) is 4.50. The standard InChI is InChI=1S/C18H30N2S/c1-14(17-12-15-8-4-5-9-16(15)21-17)19-13-18(20(2)3)10-6-7-11-18/h12,14,19H,4-11,13H2,1-3H3. The molecule has 1 N–H and O–H groups in total. The van der Waals surface area contributed by atoms with Crippen LogP contribution in [-0.4, -0.2) is 31.1 Å². The number of thiophene rings is 1. The van der Waals surface area contributed by atoms with Crippen molar-refractivity contribution in [2.24, 2.45) is 0 Å². The Labute approximate surface area is 133 Å². The Morgan fingerprint density at radius 2 is 1.90 bits per heavy atom. The number of hydrogen-bond acceptors (Lipinski definition) is 3. The molecule has 118 valence electrons. The Hall–Kier alpha value is -0.380. The second-order valence-electron chi connectivity index (χ2n) is 7.23. The molecule has 21 heavy (non-hydrogen) atoms. The minimum Gasteiger partial charge on any atom is -0.308 e. The van der Waals surface area contributed by atoms with Crippen molar-refractivity contribution in [1.29, 1.82) is 0 Å². The first-order valence-electron chi connectivity index (χ1n) is 8.63. The highest BCUT2D eigenvalue weighted by Crippen LogP contribution is 2.35. The predicted octanol–water partition coefficient (Wildman–Crippen LogP) is 4.15. The van der Waals surface area contributed by atoms with Crippen LogP contribution in [0.1, 0.15) is 66.8 Å². The van der Waals surface area contributed by atoms with Crippen molar-refractivity contribution in [3.8, 4) is 0 Å². The molecule has 2 aliphatic carbocycles. The molecule has 1 atom stereocenters. The fourth-order valence-electron chi connectivity index (χ4n) is 3.99. The number of fused-ring (bicyclic) bond motifs is 1. The molecule has 0 amide bonds. The summed E-state index contributed by atoms with van der Waals surface area (Å²) < 4.78 is 0. The van der Waals surface area contributed by atoms with Crippen LogP contribution in [-0.2, 0) is 12.8 Å². The van der Waals surface area contributed by atoms with Crippen molar-refractivity contribution in [3.05, 3.63) is 21.4 Å². The van der Waals surface area contributed by atoms with E-state index < -0.39 is 0 Å². The molecule has 1 heterocycles. The van der Waals surface area contributed by atoms with E-state index in [0.717, 1.165) is 6.54 Å². The third-order valence-electron chi connectivity index (χ3n) is 5.66. The van der Waals surface area contributed by atoms with E-state index in [9.17, 15) is 0 Å². The van der Waals surface area contributed by atoms with Gasteiger partial charge in [0, 0.05) is 27.9 Å². The summed E-state index contributed by atoms with van der Waals surface area (Å²) >= 11 is 2.06. The Kier molecular flexibility index (Phi) is 4.72. The molecule has 2 nitrogen and oxygen atoms in total. The van der Waals surface area contributed by atoms with E-state index >= 15 is 0 Å². The number of nitrogens with zero attached hydrogens (tertiary/aromatic N) is 1. The van der Waals surface area contributed by atoms with E-state index in [-0.39, 0.29) is 0 Å². The minimum atomic E-state index is 0.394. The van der Waals surface area contributed by atoms with Gasteiger partial charge in [-0.25, -0.2) is 0 Å². The largest absolute Gasteiger partial charge is 0.308 e. The molecule has 0 aliphatic heterocycles. The summed E-state index contributed by atoms with van der Waals surface area (Å²) in [5.74, 6) is 0. The molecular formula is C18H30N2S. The van der Waals surface area contributed by atoms with Crippen LogP contribution < -0.4 is 5.32 Å². The molecule has 1 aromatic heterocycles. The Balaban J connectivity index is 1.63. The zero-order valence-electron chi connectivity index (χ0n) is 13.9. The van der Waals surface area contributed by atoms with Crippen molar-refractivity contribution >= 4 is 11.3 Å². The lowest BCUT2D eigenvalue weighted by Gasteiger charge is -2.37. The first-order chi connectivity index (χ1) is 10.1. The molecule has 1 aromatic rings. The third-order valence-corrected chi connectivity index (χ3v) is 7.08. The van der Waals surface area contributed by atoms with Crippen LogP contribution in [0.2, 0.25) is 0 Å². The van der Waals surface area contributed by atoms with Crippen molar-refractivity contribution in [2.75, 3.05) is 20.6 Å². The van der Waals surface area contributed by atoms with E-state index in [4.69, 9.17) is 0 Å². The fourth-order valence-corrected chi connectivity index (χ4v) is 5.27. The molecule has 1 saturated carbocycles. The van der Waals surface area contributed by atoms with Crippen molar-refractivity contribution in [1.82, 2.24) is 10.2 Å². The molecule has 0 spiro atoms. The van der Waals surface area contributed by atoms with Gasteiger partial charge in [0.05, 0.1) is 0 Å². The average molecular weight is 307 g/mol. The normalized spacial score (nSPS) is 22.5. The van der Waals surface area contributed by atoms with Gasteiger partial charge < -0.3 is 10.2 Å². The van der Waals surface area contributed by atoms with Crippen LogP contribution in [0.15, 0.2) is 6.07 Å². The van der Waals surface area contributed by atoms with Crippen LogP contribution in [0.5, 0.6) is 0 Å². The van der Waals surface area contributed by atoms with Crippen LogP contribution in [0, 0.1) is 0 Å².